The second-order valence-electron chi connectivity index (χ2n) is 5.46. The lowest BCUT2D eigenvalue weighted by atomic mass is 9.99. The number of hydrogen-bond acceptors (Lipinski definition) is 3. The van der Waals surface area contributed by atoms with Crippen LogP contribution in [-0.4, -0.2) is 29.7 Å². The summed E-state index contributed by atoms with van der Waals surface area (Å²) in [4.78, 5) is 18.3. The molecule has 2 aromatic rings. The van der Waals surface area contributed by atoms with E-state index in [2.05, 4.69) is 11.9 Å². The molecule has 0 saturated heterocycles. The highest BCUT2D eigenvalue weighted by Gasteiger charge is 2.21. The number of benzene rings is 1. The number of carboxylic acid groups (broad SMARTS) is 1. The van der Waals surface area contributed by atoms with Gasteiger partial charge in [0.2, 0.25) is 0 Å². The first-order chi connectivity index (χ1) is 10.5. The van der Waals surface area contributed by atoms with E-state index in [9.17, 15) is 9.90 Å². The van der Waals surface area contributed by atoms with Gasteiger partial charge in [-0.2, -0.15) is 0 Å². The van der Waals surface area contributed by atoms with Crippen molar-refractivity contribution in [2.45, 2.75) is 26.7 Å². The van der Waals surface area contributed by atoms with Crippen LogP contribution in [0.25, 0.3) is 11.1 Å². The first-order valence-electron chi connectivity index (χ1n) is 7.56. The third kappa shape index (κ3) is 3.45. The molecule has 4 heteroatoms. The number of aromatic carboxylic acids is 1. The van der Waals surface area contributed by atoms with Gasteiger partial charge in [-0.1, -0.05) is 43.7 Å². The van der Waals surface area contributed by atoms with Crippen LogP contribution in [0.5, 0.6) is 0 Å². The summed E-state index contributed by atoms with van der Waals surface area (Å²) in [5.41, 5.74) is 2.71. The van der Waals surface area contributed by atoms with E-state index in [1.165, 1.54) is 0 Å². The largest absolute Gasteiger partial charge is 0.478 e. The second kappa shape index (κ2) is 7.07. The maximum absolute atomic E-state index is 11.8. The highest BCUT2D eigenvalue weighted by atomic mass is 16.4. The number of rotatable bonds is 6. The molecule has 4 nitrogen and oxygen atoms in total. The molecule has 0 saturated carbocycles. The van der Waals surface area contributed by atoms with Crippen LogP contribution in [0.4, 0.5) is 5.82 Å². The molecule has 0 atom stereocenters. The van der Waals surface area contributed by atoms with Crippen LogP contribution in [0.2, 0.25) is 0 Å². The zero-order chi connectivity index (χ0) is 16.1. The van der Waals surface area contributed by atoms with Crippen LogP contribution in [0.15, 0.2) is 36.4 Å². The van der Waals surface area contributed by atoms with Gasteiger partial charge in [0.05, 0.1) is 0 Å². The molecule has 0 aliphatic heterocycles. The number of carbonyl (C=O) groups is 1. The van der Waals surface area contributed by atoms with Crippen LogP contribution in [0.3, 0.4) is 0 Å². The van der Waals surface area contributed by atoms with E-state index in [0.717, 1.165) is 36.2 Å². The average molecular weight is 298 g/mol. The molecule has 0 bridgehead atoms. The van der Waals surface area contributed by atoms with Crippen molar-refractivity contribution in [3.8, 4) is 11.1 Å². The van der Waals surface area contributed by atoms with Crippen molar-refractivity contribution in [1.82, 2.24) is 4.98 Å². The summed E-state index contributed by atoms with van der Waals surface area (Å²) in [5, 5.41) is 9.71. The van der Waals surface area contributed by atoms with Crippen molar-refractivity contribution in [2.24, 2.45) is 0 Å². The number of hydrogen-bond donors (Lipinski definition) is 1. The summed E-state index contributed by atoms with van der Waals surface area (Å²) in [6, 6.07) is 11.4. The number of carboxylic acids is 1. The van der Waals surface area contributed by atoms with Gasteiger partial charge in [-0.25, -0.2) is 9.78 Å². The number of pyridine rings is 1. The molecule has 22 heavy (non-hydrogen) atoms. The van der Waals surface area contributed by atoms with E-state index < -0.39 is 5.97 Å². The van der Waals surface area contributed by atoms with Crippen LogP contribution in [-0.2, 0) is 0 Å². The predicted molar refractivity (Wildman–Crippen MR) is 89.5 cm³/mol. The van der Waals surface area contributed by atoms with Gasteiger partial charge >= 0.3 is 5.97 Å². The molecule has 0 amide bonds. The van der Waals surface area contributed by atoms with Crippen molar-refractivity contribution >= 4 is 11.8 Å². The van der Waals surface area contributed by atoms with Gasteiger partial charge in [0, 0.05) is 24.8 Å². The van der Waals surface area contributed by atoms with E-state index in [1.807, 2.05) is 55.3 Å². The lowest BCUT2D eigenvalue weighted by Gasteiger charge is -2.22. The third-order valence-corrected chi connectivity index (χ3v) is 3.64. The lowest BCUT2D eigenvalue weighted by molar-refractivity contribution is 0.0698. The first kappa shape index (κ1) is 16.0. The van der Waals surface area contributed by atoms with E-state index >= 15 is 0 Å². The minimum atomic E-state index is -0.940. The van der Waals surface area contributed by atoms with Gasteiger partial charge in [0.25, 0.3) is 0 Å². The maximum atomic E-state index is 11.8. The smallest absolute Gasteiger partial charge is 0.340 e. The summed E-state index contributed by atoms with van der Waals surface area (Å²) in [6.45, 7) is 4.81. The summed E-state index contributed by atoms with van der Waals surface area (Å²) < 4.78 is 0. The van der Waals surface area contributed by atoms with Gasteiger partial charge in [0.1, 0.15) is 11.4 Å². The molecule has 116 valence electrons. The number of unbranched alkanes of at least 4 members (excludes halogenated alkanes) is 1. The van der Waals surface area contributed by atoms with Crippen LogP contribution in [0.1, 0.15) is 35.8 Å². The van der Waals surface area contributed by atoms with Crippen molar-refractivity contribution in [3.63, 3.8) is 0 Å². The number of aryl methyl sites for hydroxylation is 1. The topological polar surface area (TPSA) is 53.4 Å². The van der Waals surface area contributed by atoms with E-state index in [-0.39, 0.29) is 5.56 Å². The van der Waals surface area contributed by atoms with Gasteiger partial charge < -0.3 is 10.0 Å². The number of aromatic nitrogens is 1. The molecular weight excluding hydrogens is 276 g/mol. The molecule has 0 aliphatic rings. The molecule has 1 aromatic heterocycles. The minimum absolute atomic E-state index is 0.274. The first-order valence-corrected chi connectivity index (χ1v) is 7.56. The highest BCUT2D eigenvalue weighted by molar-refractivity contribution is 6.01. The van der Waals surface area contributed by atoms with Gasteiger partial charge in [-0.3, -0.25) is 0 Å². The summed E-state index contributed by atoms with van der Waals surface area (Å²) in [6.07, 6.45) is 2.07. The molecule has 2 rings (SSSR count). The normalized spacial score (nSPS) is 10.5. The molecule has 0 spiro atoms. The summed E-state index contributed by atoms with van der Waals surface area (Å²) in [7, 11) is 1.90. The Kier molecular flexibility index (Phi) is 5.15. The lowest BCUT2D eigenvalue weighted by Crippen LogP contribution is -2.23. The third-order valence-electron chi connectivity index (χ3n) is 3.64. The molecule has 1 heterocycles. The molecule has 1 aromatic carbocycles. The fourth-order valence-corrected chi connectivity index (χ4v) is 2.49. The Balaban J connectivity index is 2.59. The Morgan fingerprint density at radius 2 is 1.95 bits per heavy atom. The van der Waals surface area contributed by atoms with E-state index in [0.29, 0.717) is 5.82 Å². The van der Waals surface area contributed by atoms with Gasteiger partial charge in [0.15, 0.2) is 0 Å². The molecule has 0 unspecified atom stereocenters. The molecule has 0 aliphatic carbocycles. The molecule has 0 radical (unpaired) electrons. The number of anilines is 1. The molecule has 0 fully saturated rings. The monoisotopic (exact) mass is 298 g/mol. The fraction of sp³-hybridized carbons (Fsp3) is 0.333. The van der Waals surface area contributed by atoms with Gasteiger partial charge in [-0.05, 0) is 25.0 Å². The zero-order valence-electron chi connectivity index (χ0n) is 13.3. The van der Waals surface area contributed by atoms with Crippen LogP contribution >= 0.6 is 0 Å². The Bertz CT molecular complexity index is 654. The summed E-state index contributed by atoms with van der Waals surface area (Å²) in [5.74, 6) is -0.399. The summed E-state index contributed by atoms with van der Waals surface area (Å²) >= 11 is 0. The van der Waals surface area contributed by atoms with Crippen LogP contribution in [0, 0.1) is 6.92 Å². The van der Waals surface area contributed by atoms with E-state index in [4.69, 9.17) is 0 Å². The minimum Gasteiger partial charge on any atom is -0.478 e. The quantitative estimate of drug-likeness (QED) is 0.876. The molecular formula is C18H22N2O2. The second-order valence-corrected chi connectivity index (χ2v) is 5.46. The van der Waals surface area contributed by atoms with Crippen molar-refractivity contribution in [1.29, 1.82) is 0 Å². The van der Waals surface area contributed by atoms with Crippen LogP contribution < -0.4 is 4.90 Å². The SMILES string of the molecule is CCCCN(C)c1nc(C)cc(-c2ccccc2)c1C(=O)O. The zero-order valence-corrected chi connectivity index (χ0v) is 13.3. The van der Waals surface area contributed by atoms with Crippen molar-refractivity contribution in [3.05, 3.63) is 47.7 Å². The predicted octanol–water partition coefficient (Wildman–Crippen LogP) is 3.99. The Morgan fingerprint density at radius 3 is 2.55 bits per heavy atom. The Hall–Kier alpha value is -2.36. The average Bonchev–Trinajstić information content (AvgIpc) is 2.52. The maximum Gasteiger partial charge on any atom is 0.340 e. The fourth-order valence-electron chi connectivity index (χ4n) is 2.49. The Morgan fingerprint density at radius 1 is 1.27 bits per heavy atom. The number of nitrogens with zero attached hydrogens (tertiary/aromatic N) is 2. The molecule has 1 N–H and O–H groups in total. The van der Waals surface area contributed by atoms with Gasteiger partial charge in [-0.15, -0.1) is 0 Å². The Labute approximate surface area is 131 Å². The van der Waals surface area contributed by atoms with E-state index in [1.54, 1.807) is 0 Å². The van der Waals surface area contributed by atoms with Crippen molar-refractivity contribution in [2.75, 3.05) is 18.5 Å². The van der Waals surface area contributed by atoms with Crippen molar-refractivity contribution < 1.29 is 9.90 Å². The highest BCUT2D eigenvalue weighted by Crippen LogP contribution is 2.30. The standard InChI is InChI=1S/C18H22N2O2/c1-4-5-11-20(3)17-16(18(21)22)15(12-13(2)19-17)14-9-7-6-8-10-14/h6-10,12H,4-5,11H2,1-3H3,(H,21,22).